The van der Waals surface area contributed by atoms with Crippen LogP contribution < -0.4 is 9.62 Å². The van der Waals surface area contributed by atoms with Crippen molar-refractivity contribution >= 4 is 33.2 Å². The van der Waals surface area contributed by atoms with E-state index in [0.717, 1.165) is 32.5 Å². The van der Waals surface area contributed by atoms with Crippen LogP contribution in [-0.2, 0) is 10.0 Å². The fourth-order valence-corrected chi connectivity index (χ4v) is 4.38. The number of halogens is 2. The summed E-state index contributed by atoms with van der Waals surface area (Å²) < 4.78 is 27.4. The van der Waals surface area contributed by atoms with Crippen molar-refractivity contribution < 1.29 is 13.3 Å². The first kappa shape index (κ1) is 19.7. The highest BCUT2D eigenvalue weighted by Gasteiger charge is 2.21. The second kappa shape index (κ2) is 9.08. The monoisotopic (exact) mass is 367 g/mol. The SMILES string of the molecule is CC[NH+](CC)CCC[C@H](C)NS(=O)(=O)c1cccc(Cl)c1Cl. The number of hydrogen-bond donors (Lipinski definition) is 2. The van der Waals surface area contributed by atoms with Gasteiger partial charge in [-0.1, -0.05) is 29.3 Å². The van der Waals surface area contributed by atoms with E-state index >= 15 is 0 Å². The molecule has 0 saturated carbocycles. The molecule has 1 rings (SSSR count). The van der Waals surface area contributed by atoms with Crippen molar-refractivity contribution in [2.24, 2.45) is 0 Å². The van der Waals surface area contributed by atoms with E-state index in [1.165, 1.54) is 11.0 Å². The van der Waals surface area contributed by atoms with Gasteiger partial charge in [0.1, 0.15) is 4.90 Å². The fraction of sp³-hybridized carbons (Fsp3) is 0.600. The predicted octanol–water partition coefficient (Wildman–Crippen LogP) is 2.37. The lowest BCUT2D eigenvalue weighted by atomic mass is 10.2. The van der Waals surface area contributed by atoms with Gasteiger partial charge < -0.3 is 4.90 Å². The van der Waals surface area contributed by atoms with Gasteiger partial charge in [-0.3, -0.25) is 0 Å². The van der Waals surface area contributed by atoms with Crippen molar-refractivity contribution in [1.82, 2.24) is 4.72 Å². The van der Waals surface area contributed by atoms with Crippen LogP contribution in [0.4, 0.5) is 0 Å². The summed E-state index contributed by atoms with van der Waals surface area (Å²) in [5, 5.41) is 0.304. The van der Waals surface area contributed by atoms with Crippen LogP contribution in [0.3, 0.4) is 0 Å². The number of sulfonamides is 1. The van der Waals surface area contributed by atoms with Gasteiger partial charge in [0.05, 0.1) is 29.7 Å². The maximum Gasteiger partial charge on any atom is 0.242 e. The first-order valence-corrected chi connectivity index (χ1v) is 9.85. The molecule has 7 heteroatoms. The molecule has 0 aliphatic heterocycles. The zero-order valence-electron chi connectivity index (χ0n) is 13.3. The van der Waals surface area contributed by atoms with E-state index < -0.39 is 10.0 Å². The normalized spacial score (nSPS) is 13.5. The molecule has 0 aliphatic carbocycles. The topological polar surface area (TPSA) is 50.6 Å². The van der Waals surface area contributed by atoms with Crippen LogP contribution in [0, 0.1) is 0 Å². The summed E-state index contributed by atoms with van der Waals surface area (Å²) in [6, 6.07) is 4.47. The molecule has 1 aromatic carbocycles. The summed E-state index contributed by atoms with van der Waals surface area (Å²) in [7, 11) is -3.65. The third-order valence-electron chi connectivity index (χ3n) is 3.73. The van der Waals surface area contributed by atoms with Crippen LogP contribution in [0.2, 0.25) is 10.0 Å². The Morgan fingerprint density at radius 2 is 1.86 bits per heavy atom. The van der Waals surface area contributed by atoms with Gasteiger partial charge in [0, 0.05) is 6.04 Å². The minimum Gasteiger partial charge on any atom is -0.335 e. The minimum absolute atomic E-state index is 0.0304. The van der Waals surface area contributed by atoms with Gasteiger partial charge >= 0.3 is 0 Å². The summed E-state index contributed by atoms with van der Waals surface area (Å²) in [5.74, 6) is 0. The molecule has 1 aromatic rings. The highest BCUT2D eigenvalue weighted by molar-refractivity contribution is 7.89. The summed E-state index contributed by atoms with van der Waals surface area (Å²) in [4.78, 5) is 1.55. The molecule has 4 nitrogen and oxygen atoms in total. The minimum atomic E-state index is -3.65. The van der Waals surface area contributed by atoms with Crippen molar-refractivity contribution in [2.45, 2.75) is 44.6 Å². The lowest BCUT2D eigenvalue weighted by Gasteiger charge is -2.18. The number of quaternary nitrogens is 1. The molecule has 0 unspecified atom stereocenters. The third-order valence-corrected chi connectivity index (χ3v) is 6.29. The Kier molecular flexibility index (Phi) is 8.14. The molecule has 0 radical (unpaired) electrons. The molecule has 0 amide bonds. The predicted molar refractivity (Wildman–Crippen MR) is 92.4 cm³/mol. The number of nitrogens with one attached hydrogen (secondary N) is 2. The molecule has 0 aliphatic rings. The van der Waals surface area contributed by atoms with E-state index in [2.05, 4.69) is 18.6 Å². The second-order valence-corrected chi connectivity index (χ2v) is 7.89. The molecule has 126 valence electrons. The van der Waals surface area contributed by atoms with Crippen molar-refractivity contribution in [3.63, 3.8) is 0 Å². The lowest BCUT2D eigenvalue weighted by molar-refractivity contribution is -0.896. The largest absolute Gasteiger partial charge is 0.335 e. The molecular formula is C15H25Cl2N2O2S+. The van der Waals surface area contributed by atoms with E-state index in [9.17, 15) is 8.42 Å². The van der Waals surface area contributed by atoms with Crippen LogP contribution in [-0.4, -0.2) is 34.1 Å². The maximum atomic E-state index is 12.4. The smallest absolute Gasteiger partial charge is 0.242 e. The average Bonchev–Trinajstić information content (AvgIpc) is 2.45. The van der Waals surface area contributed by atoms with Crippen molar-refractivity contribution in [3.05, 3.63) is 28.2 Å². The highest BCUT2D eigenvalue weighted by atomic mass is 35.5. The summed E-state index contributed by atoms with van der Waals surface area (Å²) >= 11 is 11.9. The zero-order valence-corrected chi connectivity index (χ0v) is 15.7. The molecule has 0 spiro atoms. The Bertz CT molecular complexity index is 575. The quantitative estimate of drug-likeness (QED) is 0.703. The number of benzene rings is 1. The third kappa shape index (κ3) is 5.70. The molecule has 0 saturated heterocycles. The summed E-state index contributed by atoms with van der Waals surface area (Å²) in [5.41, 5.74) is 0. The molecular weight excluding hydrogens is 343 g/mol. The van der Waals surface area contributed by atoms with Crippen LogP contribution >= 0.6 is 23.2 Å². The summed E-state index contributed by atoms with van der Waals surface area (Å²) in [6.45, 7) is 9.42. The molecule has 0 fully saturated rings. The molecule has 22 heavy (non-hydrogen) atoms. The summed E-state index contributed by atoms with van der Waals surface area (Å²) in [6.07, 6.45) is 1.77. The number of hydrogen-bond acceptors (Lipinski definition) is 2. The van der Waals surface area contributed by atoms with Crippen LogP contribution in [0.15, 0.2) is 23.1 Å². The molecule has 0 bridgehead atoms. The van der Waals surface area contributed by atoms with Crippen molar-refractivity contribution in [1.29, 1.82) is 0 Å². The lowest BCUT2D eigenvalue weighted by Crippen LogP contribution is -3.11. The Hall–Kier alpha value is -0.330. The fourth-order valence-electron chi connectivity index (χ4n) is 2.34. The molecule has 0 aromatic heterocycles. The Labute approximate surface area is 143 Å². The van der Waals surface area contributed by atoms with E-state index in [1.54, 1.807) is 12.1 Å². The van der Waals surface area contributed by atoms with Crippen LogP contribution in [0.5, 0.6) is 0 Å². The zero-order chi connectivity index (χ0) is 16.8. The highest BCUT2D eigenvalue weighted by Crippen LogP contribution is 2.28. The van der Waals surface area contributed by atoms with E-state index in [-0.39, 0.29) is 21.0 Å². The maximum absolute atomic E-state index is 12.4. The second-order valence-electron chi connectivity index (χ2n) is 5.42. The number of rotatable bonds is 9. The van der Waals surface area contributed by atoms with Gasteiger partial charge in [-0.25, -0.2) is 13.1 Å². The van der Waals surface area contributed by atoms with E-state index in [1.807, 2.05) is 6.92 Å². The van der Waals surface area contributed by atoms with Gasteiger partial charge in [0.25, 0.3) is 0 Å². The standard InChI is InChI=1S/C15H24Cl2N2O2S/c1-4-19(5-2)11-7-8-12(3)18-22(20,21)14-10-6-9-13(16)15(14)17/h6,9-10,12,18H,4-5,7-8,11H2,1-3H3/p+1/t12-/m0/s1. The molecule has 1 atom stereocenters. The Balaban J connectivity index is 2.63. The van der Waals surface area contributed by atoms with Gasteiger partial charge in [0.2, 0.25) is 10.0 Å². The van der Waals surface area contributed by atoms with Crippen molar-refractivity contribution in [3.8, 4) is 0 Å². The average molecular weight is 368 g/mol. The van der Waals surface area contributed by atoms with Gasteiger partial charge in [-0.2, -0.15) is 0 Å². The Morgan fingerprint density at radius 1 is 1.23 bits per heavy atom. The van der Waals surface area contributed by atoms with Gasteiger partial charge in [-0.15, -0.1) is 0 Å². The van der Waals surface area contributed by atoms with Crippen LogP contribution in [0.1, 0.15) is 33.6 Å². The first-order valence-electron chi connectivity index (χ1n) is 7.61. The van der Waals surface area contributed by atoms with Crippen LogP contribution in [0.25, 0.3) is 0 Å². The van der Waals surface area contributed by atoms with Gasteiger partial charge in [-0.05, 0) is 45.7 Å². The molecule has 0 heterocycles. The van der Waals surface area contributed by atoms with E-state index in [4.69, 9.17) is 23.2 Å². The molecule has 2 N–H and O–H groups in total. The Morgan fingerprint density at radius 3 is 2.45 bits per heavy atom. The van der Waals surface area contributed by atoms with Gasteiger partial charge in [0.15, 0.2) is 0 Å². The van der Waals surface area contributed by atoms with Crippen molar-refractivity contribution in [2.75, 3.05) is 19.6 Å². The van der Waals surface area contributed by atoms with E-state index in [0.29, 0.717) is 0 Å². The first-order chi connectivity index (χ1) is 10.3.